The number of hydrogen-bond acceptors (Lipinski definition) is 6. The lowest BCUT2D eigenvalue weighted by atomic mass is 10.1. The molecular weight excluding hydrogens is 438 g/mol. The summed E-state index contributed by atoms with van der Waals surface area (Å²) in [7, 11) is 0. The van der Waals surface area contributed by atoms with Crippen LogP contribution in [0.15, 0.2) is 97.5 Å². The van der Waals surface area contributed by atoms with Gasteiger partial charge >= 0.3 is 0 Å². The van der Waals surface area contributed by atoms with Crippen LogP contribution in [-0.2, 0) is 19.6 Å². The smallest absolute Gasteiger partial charge is 0.142 e. The van der Waals surface area contributed by atoms with Crippen molar-refractivity contribution < 1.29 is 0 Å². The molecule has 0 bridgehead atoms. The maximum Gasteiger partial charge on any atom is 0.142 e. The zero-order valence-corrected chi connectivity index (χ0v) is 19.8. The van der Waals surface area contributed by atoms with Crippen LogP contribution in [0.5, 0.6) is 0 Å². The van der Waals surface area contributed by atoms with Gasteiger partial charge in [0.15, 0.2) is 0 Å². The maximum atomic E-state index is 4.95. The van der Waals surface area contributed by atoms with E-state index in [2.05, 4.69) is 75.3 Å². The highest BCUT2D eigenvalue weighted by Crippen LogP contribution is 2.31. The number of nitrogens with zero attached hydrogens (tertiary/aromatic N) is 5. The van der Waals surface area contributed by atoms with Crippen molar-refractivity contribution in [3.05, 3.63) is 120 Å². The average molecular weight is 464 g/mol. The topological polar surface area (TPSA) is 54.8 Å². The highest BCUT2D eigenvalue weighted by Gasteiger charge is 2.13. The first kappa shape index (κ1) is 22.1. The van der Waals surface area contributed by atoms with Gasteiger partial charge in [0.2, 0.25) is 0 Å². The van der Waals surface area contributed by atoms with Crippen LogP contribution >= 0.6 is 11.3 Å². The Morgan fingerprint density at radius 3 is 1.97 bits per heavy atom. The molecule has 6 heteroatoms. The monoisotopic (exact) mass is 463 g/mol. The Morgan fingerprint density at radius 1 is 0.676 bits per heavy atom. The second kappa shape index (κ2) is 10.5. The van der Waals surface area contributed by atoms with Gasteiger partial charge in [-0.25, -0.2) is 9.97 Å². The summed E-state index contributed by atoms with van der Waals surface area (Å²) >= 11 is 1.67. The van der Waals surface area contributed by atoms with Crippen molar-refractivity contribution in [1.29, 1.82) is 0 Å². The Labute approximate surface area is 203 Å². The lowest BCUT2D eigenvalue weighted by molar-refractivity contribution is 0.239. The Hall–Kier alpha value is -3.74. The molecule has 5 nitrogen and oxygen atoms in total. The van der Waals surface area contributed by atoms with Gasteiger partial charge in [-0.05, 0) is 48.9 Å². The van der Waals surface area contributed by atoms with Gasteiger partial charge in [0.1, 0.15) is 5.01 Å². The zero-order valence-electron chi connectivity index (χ0n) is 19.0. The highest BCUT2D eigenvalue weighted by atomic mass is 32.1. The fourth-order valence-electron chi connectivity index (χ4n) is 3.77. The predicted octanol–water partition coefficient (Wildman–Crippen LogP) is 6.17. The van der Waals surface area contributed by atoms with Gasteiger partial charge in [-0.3, -0.25) is 14.9 Å². The van der Waals surface area contributed by atoms with Gasteiger partial charge in [0.25, 0.3) is 0 Å². The summed E-state index contributed by atoms with van der Waals surface area (Å²) in [5, 5.41) is 0.929. The summed E-state index contributed by atoms with van der Waals surface area (Å²) in [4.78, 5) is 22.1. The minimum absolute atomic E-state index is 0.692. The van der Waals surface area contributed by atoms with Gasteiger partial charge < -0.3 is 0 Å². The molecule has 0 spiro atoms. The van der Waals surface area contributed by atoms with Crippen molar-refractivity contribution in [3.63, 3.8) is 0 Å². The molecule has 4 aromatic heterocycles. The summed E-state index contributed by atoms with van der Waals surface area (Å²) in [5.41, 5.74) is 6.38. The molecule has 0 atom stereocenters. The van der Waals surface area contributed by atoms with Crippen molar-refractivity contribution in [3.8, 4) is 21.1 Å². The van der Waals surface area contributed by atoms with Crippen molar-refractivity contribution in [2.45, 2.75) is 26.6 Å². The lowest BCUT2D eigenvalue weighted by Gasteiger charge is -2.21. The van der Waals surface area contributed by atoms with Gasteiger partial charge in [-0.15, -0.1) is 11.3 Å². The molecular formula is C28H25N5S. The van der Waals surface area contributed by atoms with E-state index in [-0.39, 0.29) is 0 Å². The Morgan fingerprint density at radius 2 is 1.32 bits per heavy atom. The molecule has 0 saturated carbocycles. The Balaban J connectivity index is 1.37. The van der Waals surface area contributed by atoms with Crippen LogP contribution in [0.2, 0.25) is 0 Å². The Bertz CT molecular complexity index is 1290. The van der Waals surface area contributed by atoms with Crippen molar-refractivity contribution in [2.24, 2.45) is 0 Å². The van der Waals surface area contributed by atoms with Crippen LogP contribution in [0, 0.1) is 6.92 Å². The van der Waals surface area contributed by atoms with E-state index in [1.807, 2.05) is 48.9 Å². The minimum atomic E-state index is 0.692. The first-order valence-electron chi connectivity index (χ1n) is 11.2. The standard InChI is InChI=1S/C28H25N5S/c1-21-11-13-22(14-12-21)27-17-31-28(34-27)26-10-6-9-25(32-26)20-33(18-23-7-2-4-15-29-23)19-24-8-3-5-16-30-24/h2-17H,18-20H2,1H3. The zero-order chi connectivity index (χ0) is 23.2. The third kappa shape index (κ3) is 5.60. The maximum absolute atomic E-state index is 4.95. The van der Waals surface area contributed by atoms with E-state index in [9.17, 15) is 0 Å². The fourth-order valence-corrected chi connectivity index (χ4v) is 4.66. The molecule has 0 saturated heterocycles. The highest BCUT2D eigenvalue weighted by molar-refractivity contribution is 7.18. The number of pyridine rings is 3. The molecule has 5 aromatic rings. The van der Waals surface area contributed by atoms with E-state index in [0.717, 1.165) is 45.7 Å². The first-order valence-corrected chi connectivity index (χ1v) is 12.1. The fraction of sp³-hybridized carbons (Fsp3) is 0.143. The van der Waals surface area contributed by atoms with E-state index in [0.29, 0.717) is 6.54 Å². The molecule has 5 rings (SSSR count). The summed E-state index contributed by atoms with van der Waals surface area (Å²) in [6.45, 7) is 4.23. The minimum Gasteiger partial charge on any atom is -0.286 e. The lowest BCUT2D eigenvalue weighted by Crippen LogP contribution is -2.24. The normalized spacial score (nSPS) is 11.1. The van der Waals surface area contributed by atoms with Crippen LogP contribution < -0.4 is 0 Å². The van der Waals surface area contributed by atoms with E-state index in [4.69, 9.17) is 4.98 Å². The summed E-state index contributed by atoms with van der Waals surface area (Å²) in [6, 6.07) is 26.7. The van der Waals surface area contributed by atoms with E-state index in [1.54, 1.807) is 11.3 Å². The van der Waals surface area contributed by atoms with E-state index >= 15 is 0 Å². The molecule has 168 valence electrons. The van der Waals surface area contributed by atoms with Crippen LogP contribution in [0.25, 0.3) is 21.1 Å². The average Bonchev–Trinajstić information content (AvgIpc) is 3.36. The number of rotatable bonds is 8. The molecule has 0 aliphatic rings. The molecule has 0 aliphatic heterocycles. The molecule has 0 amide bonds. The summed E-state index contributed by atoms with van der Waals surface area (Å²) in [6.07, 6.45) is 5.61. The van der Waals surface area contributed by atoms with E-state index in [1.165, 1.54) is 11.1 Å². The van der Waals surface area contributed by atoms with Crippen LogP contribution in [0.3, 0.4) is 0 Å². The summed E-state index contributed by atoms with van der Waals surface area (Å²) in [5.74, 6) is 0. The number of aryl methyl sites for hydroxylation is 1. The second-order valence-corrected chi connectivity index (χ2v) is 9.23. The molecule has 0 aliphatic carbocycles. The number of thiazole rings is 1. The largest absolute Gasteiger partial charge is 0.286 e. The van der Waals surface area contributed by atoms with Crippen molar-refractivity contribution >= 4 is 11.3 Å². The van der Waals surface area contributed by atoms with Crippen LogP contribution in [-0.4, -0.2) is 24.8 Å². The quantitative estimate of drug-likeness (QED) is 0.275. The molecule has 0 fully saturated rings. The first-order chi connectivity index (χ1) is 16.7. The van der Waals surface area contributed by atoms with Crippen molar-refractivity contribution in [1.82, 2.24) is 24.8 Å². The van der Waals surface area contributed by atoms with Gasteiger partial charge in [0, 0.05) is 38.2 Å². The third-order valence-electron chi connectivity index (χ3n) is 5.48. The molecule has 1 aromatic carbocycles. The van der Waals surface area contributed by atoms with Crippen LogP contribution in [0.4, 0.5) is 0 Å². The molecule has 0 radical (unpaired) electrons. The third-order valence-corrected chi connectivity index (χ3v) is 6.55. The van der Waals surface area contributed by atoms with Crippen molar-refractivity contribution in [2.75, 3.05) is 0 Å². The number of benzene rings is 1. The number of hydrogen-bond donors (Lipinski definition) is 0. The second-order valence-electron chi connectivity index (χ2n) is 8.20. The predicted molar refractivity (Wildman–Crippen MR) is 137 cm³/mol. The van der Waals surface area contributed by atoms with Gasteiger partial charge in [0.05, 0.1) is 27.7 Å². The summed E-state index contributed by atoms with van der Waals surface area (Å²) < 4.78 is 0. The molecule has 0 N–H and O–H groups in total. The molecule has 34 heavy (non-hydrogen) atoms. The van der Waals surface area contributed by atoms with Gasteiger partial charge in [-0.1, -0.05) is 48.0 Å². The van der Waals surface area contributed by atoms with E-state index < -0.39 is 0 Å². The number of aromatic nitrogens is 4. The SMILES string of the molecule is Cc1ccc(-c2cnc(-c3cccc(CN(Cc4ccccn4)Cc4ccccn4)n3)s2)cc1. The molecule has 4 heterocycles. The van der Waals surface area contributed by atoms with Gasteiger partial charge in [-0.2, -0.15) is 0 Å². The van der Waals surface area contributed by atoms with Crippen LogP contribution in [0.1, 0.15) is 22.6 Å². The molecule has 0 unspecified atom stereocenters. The Kier molecular flexibility index (Phi) is 6.79.